The molecule has 0 spiro atoms. The predicted molar refractivity (Wildman–Crippen MR) is 59.2 cm³/mol. The summed E-state index contributed by atoms with van der Waals surface area (Å²) < 4.78 is 64.6. The summed E-state index contributed by atoms with van der Waals surface area (Å²) in [6.45, 7) is 6.91. The van der Waals surface area contributed by atoms with Gasteiger partial charge in [-0.15, -0.1) is 0 Å². The van der Waals surface area contributed by atoms with E-state index in [1.165, 1.54) is 32.4 Å². The number of likely N-dealkylation sites (tertiary alicyclic amines) is 1. The van der Waals surface area contributed by atoms with Gasteiger partial charge in [-0.2, -0.15) is 0 Å². The SMILES string of the molecule is COC(C)(C)[NH+]1CCCCC1.F[P-](F)(F)(F)(F)F. The number of quaternary nitrogens is 1. The molecule has 0 unspecified atom stereocenters. The summed E-state index contributed by atoms with van der Waals surface area (Å²) in [6.07, 6.45) is 4.13. The van der Waals surface area contributed by atoms with Gasteiger partial charge in [-0.25, -0.2) is 0 Å². The van der Waals surface area contributed by atoms with Crippen LogP contribution in [0, 0.1) is 0 Å². The van der Waals surface area contributed by atoms with Gasteiger partial charge >= 0.3 is 33.0 Å². The molecule has 2 nitrogen and oxygen atoms in total. The Kier molecular flexibility index (Phi) is 4.78. The van der Waals surface area contributed by atoms with Gasteiger partial charge in [0.1, 0.15) is 0 Å². The molecule has 114 valence electrons. The zero-order valence-corrected chi connectivity index (χ0v) is 11.6. The monoisotopic (exact) mass is 303 g/mol. The second kappa shape index (κ2) is 4.80. The van der Waals surface area contributed by atoms with Crippen molar-refractivity contribution < 1.29 is 34.8 Å². The molecule has 1 fully saturated rings. The standard InChI is InChI=1S/C9H19NO.F6P/c1-9(2,11-3)10-7-5-4-6-8-10;1-7(2,3,4,5)6/h4-8H2,1-3H3;/q;-1/p+1. The first-order valence-electron chi connectivity index (χ1n) is 5.58. The van der Waals surface area contributed by atoms with Crippen molar-refractivity contribution in [2.24, 2.45) is 0 Å². The quantitative estimate of drug-likeness (QED) is 0.605. The van der Waals surface area contributed by atoms with Gasteiger partial charge in [-0.3, -0.25) is 0 Å². The van der Waals surface area contributed by atoms with Crippen LogP contribution >= 0.6 is 7.81 Å². The Labute approximate surface area is 103 Å². The first-order chi connectivity index (χ1) is 7.62. The van der Waals surface area contributed by atoms with Crippen LogP contribution in [0.15, 0.2) is 0 Å². The normalized spacial score (nSPS) is 22.5. The van der Waals surface area contributed by atoms with Crippen LogP contribution in [-0.2, 0) is 4.74 Å². The molecule has 1 saturated heterocycles. The summed E-state index contributed by atoms with van der Waals surface area (Å²) in [5.74, 6) is 0. The number of ether oxygens (including phenoxy) is 1. The van der Waals surface area contributed by atoms with E-state index in [4.69, 9.17) is 4.74 Å². The van der Waals surface area contributed by atoms with Crippen molar-refractivity contribution in [3.8, 4) is 0 Å². The molecule has 1 rings (SSSR count). The molecule has 0 aromatic heterocycles. The van der Waals surface area contributed by atoms with Crippen molar-refractivity contribution in [3.63, 3.8) is 0 Å². The van der Waals surface area contributed by atoms with E-state index in [1.54, 1.807) is 4.90 Å². The van der Waals surface area contributed by atoms with Crippen molar-refractivity contribution in [1.29, 1.82) is 0 Å². The molecule has 0 aliphatic carbocycles. The fourth-order valence-electron chi connectivity index (χ4n) is 1.72. The zero-order chi connectivity index (χ0) is 14.7. The summed E-state index contributed by atoms with van der Waals surface area (Å²) in [6, 6.07) is 0. The second-order valence-electron chi connectivity index (χ2n) is 4.84. The third-order valence-corrected chi connectivity index (χ3v) is 2.82. The van der Waals surface area contributed by atoms with E-state index in [2.05, 4.69) is 13.8 Å². The molecule has 0 bridgehead atoms. The zero-order valence-electron chi connectivity index (χ0n) is 10.7. The minimum atomic E-state index is -10.7. The van der Waals surface area contributed by atoms with Gasteiger partial charge in [0.25, 0.3) is 0 Å². The summed E-state index contributed by atoms with van der Waals surface area (Å²) in [4.78, 5) is 1.60. The number of hydrogen-bond acceptors (Lipinski definition) is 1. The molecular weight excluding hydrogens is 283 g/mol. The predicted octanol–water partition coefficient (Wildman–Crippen LogP) is 3.82. The summed E-state index contributed by atoms with van der Waals surface area (Å²) >= 11 is 0. The molecule has 9 heteroatoms. The van der Waals surface area contributed by atoms with Gasteiger partial charge in [-0.1, -0.05) is 0 Å². The molecule has 18 heavy (non-hydrogen) atoms. The van der Waals surface area contributed by atoms with Crippen molar-refractivity contribution in [2.45, 2.75) is 38.8 Å². The number of hydrogen-bond donors (Lipinski definition) is 1. The van der Waals surface area contributed by atoms with Crippen LogP contribution in [0.4, 0.5) is 25.2 Å². The molecule has 0 radical (unpaired) electrons. The van der Waals surface area contributed by atoms with Crippen molar-refractivity contribution in [2.75, 3.05) is 20.2 Å². The van der Waals surface area contributed by atoms with Crippen LogP contribution in [0.1, 0.15) is 33.1 Å². The van der Waals surface area contributed by atoms with Gasteiger partial charge in [0.2, 0.25) is 0 Å². The average molecular weight is 303 g/mol. The summed E-state index contributed by atoms with van der Waals surface area (Å²) in [5, 5.41) is 0. The van der Waals surface area contributed by atoms with Gasteiger partial charge in [0.05, 0.1) is 13.1 Å². The van der Waals surface area contributed by atoms with Gasteiger partial charge in [0.15, 0.2) is 5.72 Å². The first kappa shape index (κ1) is 17.9. The molecular formula is C9H20F6NOP. The number of methoxy groups -OCH3 is 1. The molecule has 0 aromatic carbocycles. The van der Waals surface area contributed by atoms with Crippen molar-refractivity contribution in [3.05, 3.63) is 0 Å². The Morgan fingerprint density at radius 2 is 1.22 bits per heavy atom. The van der Waals surface area contributed by atoms with Crippen LogP contribution in [-0.4, -0.2) is 25.9 Å². The van der Waals surface area contributed by atoms with Gasteiger partial charge in [0, 0.05) is 21.0 Å². The maximum atomic E-state index is 9.87. The fourth-order valence-corrected chi connectivity index (χ4v) is 1.72. The van der Waals surface area contributed by atoms with E-state index in [1.807, 2.05) is 7.11 Å². The van der Waals surface area contributed by atoms with Crippen LogP contribution in [0.5, 0.6) is 0 Å². The van der Waals surface area contributed by atoms with Gasteiger partial charge in [-0.05, 0) is 19.3 Å². The number of halogens is 6. The Morgan fingerprint density at radius 1 is 0.889 bits per heavy atom. The van der Waals surface area contributed by atoms with Crippen LogP contribution in [0.3, 0.4) is 0 Å². The Hall–Kier alpha value is -0.0700. The third kappa shape index (κ3) is 12.4. The third-order valence-electron chi connectivity index (χ3n) is 2.82. The topological polar surface area (TPSA) is 13.7 Å². The summed E-state index contributed by atoms with van der Waals surface area (Å²) in [5.41, 5.74) is 0.0282. The van der Waals surface area contributed by atoms with E-state index in [0.29, 0.717) is 0 Å². The molecule has 1 aliphatic rings. The van der Waals surface area contributed by atoms with Gasteiger partial charge < -0.3 is 9.64 Å². The second-order valence-corrected chi connectivity index (χ2v) is 6.75. The minimum absolute atomic E-state index is 0.0282. The molecule has 0 atom stereocenters. The van der Waals surface area contributed by atoms with E-state index >= 15 is 0 Å². The van der Waals surface area contributed by atoms with Crippen LogP contribution in [0.25, 0.3) is 0 Å². The van der Waals surface area contributed by atoms with Crippen LogP contribution < -0.4 is 4.90 Å². The first-order valence-corrected chi connectivity index (χ1v) is 7.61. The molecule has 1 heterocycles. The molecule has 0 amide bonds. The molecule has 1 N–H and O–H groups in total. The van der Waals surface area contributed by atoms with Crippen LogP contribution in [0.2, 0.25) is 0 Å². The molecule has 0 aromatic rings. The Bertz CT molecular complexity index is 257. The fraction of sp³-hybridized carbons (Fsp3) is 1.00. The van der Waals surface area contributed by atoms with E-state index in [-0.39, 0.29) is 5.72 Å². The molecule has 1 aliphatic heterocycles. The van der Waals surface area contributed by atoms with Crippen molar-refractivity contribution >= 4 is 7.81 Å². The van der Waals surface area contributed by atoms with E-state index < -0.39 is 7.81 Å². The average Bonchev–Trinajstić information content (AvgIpc) is 2.14. The van der Waals surface area contributed by atoms with E-state index in [9.17, 15) is 25.2 Å². The number of piperidine rings is 1. The Balaban J connectivity index is 0.000000360. The summed E-state index contributed by atoms with van der Waals surface area (Å²) in [7, 11) is -8.85. The Morgan fingerprint density at radius 3 is 1.50 bits per heavy atom. The number of nitrogens with one attached hydrogen (secondary N) is 1. The number of rotatable bonds is 2. The van der Waals surface area contributed by atoms with Crippen molar-refractivity contribution in [1.82, 2.24) is 0 Å². The van der Waals surface area contributed by atoms with E-state index in [0.717, 1.165) is 0 Å². The maximum absolute atomic E-state index is 10.7. The molecule has 0 saturated carbocycles.